The van der Waals surface area contributed by atoms with Gasteiger partial charge in [0.2, 0.25) is 5.91 Å². The second-order valence-electron chi connectivity index (χ2n) is 5.07. The molecule has 0 saturated heterocycles. The predicted octanol–water partition coefficient (Wildman–Crippen LogP) is 2.38. The van der Waals surface area contributed by atoms with Crippen molar-refractivity contribution < 1.29 is 4.79 Å². The van der Waals surface area contributed by atoms with Crippen molar-refractivity contribution in [1.82, 2.24) is 9.97 Å². The Labute approximate surface area is 133 Å². The van der Waals surface area contributed by atoms with Gasteiger partial charge >= 0.3 is 0 Å². The normalized spacial score (nSPS) is 12.0. The number of carbonyl (C=O) groups excluding carboxylic acids is 1. The second kappa shape index (κ2) is 6.65. The molecule has 2 aromatic rings. The van der Waals surface area contributed by atoms with Crippen LogP contribution in [-0.4, -0.2) is 21.1 Å². The highest BCUT2D eigenvalue weighted by atomic mass is 32.2. The Kier molecular flexibility index (Phi) is 4.87. The number of nitrogens with two attached hydrogens (primary N) is 2. The fourth-order valence-electron chi connectivity index (χ4n) is 1.83. The molecule has 1 aromatic carbocycles. The van der Waals surface area contributed by atoms with E-state index in [4.69, 9.17) is 11.5 Å². The minimum Gasteiger partial charge on any atom is -0.383 e. The number of aromatic nitrogens is 2. The van der Waals surface area contributed by atoms with E-state index in [0.29, 0.717) is 5.16 Å². The minimum atomic E-state index is -0.374. The number of aryl methyl sites for hydroxylation is 2. The molecule has 0 bridgehead atoms. The predicted molar refractivity (Wildman–Crippen MR) is 90.7 cm³/mol. The van der Waals surface area contributed by atoms with Crippen LogP contribution in [0.15, 0.2) is 29.4 Å². The molecular weight excluding hydrogens is 298 g/mol. The largest absolute Gasteiger partial charge is 0.383 e. The first-order valence-electron chi connectivity index (χ1n) is 6.80. The Morgan fingerprint density at radius 3 is 2.45 bits per heavy atom. The summed E-state index contributed by atoms with van der Waals surface area (Å²) >= 11 is 1.22. The summed E-state index contributed by atoms with van der Waals surface area (Å²) in [6.07, 6.45) is 0. The molecule has 5 N–H and O–H groups in total. The summed E-state index contributed by atoms with van der Waals surface area (Å²) in [7, 11) is 0. The zero-order valence-corrected chi connectivity index (χ0v) is 13.6. The summed E-state index contributed by atoms with van der Waals surface area (Å²) in [6.45, 7) is 5.72. The van der Waals surface area contributed by atoms with Crippen LogP contribution >= 0.6 is 11.8 Å². The molecule has 1 heterocycles. The smallest absolute Gasteiger partial charge is 0.237 e. The summed E-state index contributed by atoms with van der Waals surface area (Å²) in [4.78, 5) is 20.4. The van der Waals surface area contributed by atoms with Crippen LogP contribution in [0, 0.1) is 13.8 Å². The van der Waals surface area contributed by atoms with E-state index < -0.39 is 0 Å². The Hall–Kier alpha value is -2.28. The van der Waals surface area contributed by atoms with Crippen molar-refractivity contribution in [2.24, 2.45) is 0 Å². The van der Waals surface area contributed by atoms with Gasteiger partial charge < -0.3 is 16.8 Å². The van der Waals surface area contributed by atoms with E-state index in [1.807, 2.05) is 32.0 Å². The lowest BCUT2D eigenvalue weighted by molar-refractivity contribution is -0.115. The minimum absolute atomic E-state index is 0.122. The average molecular weight is 317 g/mol. The van der Waals surface area contributed by atoms with Gasteiger partial charge in [-0.05, 0) is 38.0 Å². The third-order valence-corrected chi connectivity index (χ3v) is 4.01. The van der Waals surface area contributed by atoms with Gasteiger partial charge in [-0.3, -0.25) is 4.79 Å². The van der Waals surface area contributed by atoms with Crippen LogP contribution in [0.1, 0.15) is 18.1 Å². The van der Waals surface area contributed by atoms with Gasteiger partial charge in [0.05, 0.1) is 5.25 Å². The first-order chi connectivity index (χ1) is 10.3. The highest BCUT2D eigenvalue weighted by Crippen LogP contribution is 2.23. The standard InChI is InChI=1S/C15H19N5OS/c1-8-4-5-9(2)11(6-8)18-14(21)10(3)22-15-19-12(16)7-13(17)20-15/h4-7,10H,1-3H3,(H,18,21)(H4,16,17,19,20)/t10-/m1/s1. The summed E-state index contributed by atoms with van der Waals surface area (Å²) in [6, 6.07) is 7.40. The number of amides is 1. The number of hydrogen-bond acceptors (Lipinski definition) is 6. The number of nitrogens with zero attached hydrogens (tertiary/aromatic N) is 2. The van der Waals surface area contributed by atoms with Crippen LogP contribution < -0.4 is 16.8 Å². The van der Waals surface area contributed by atoms with E-state index in [1.54, 1.807) is 6.92 Å². The van der Waals surface area contributed by atoms with Crippen molar-refractivity contribution in [1.29, 1.82) is 0 Å². The molecule has 6 nitrogen and oxygen atoms in total. The number of nitrogen functional groups attached to an aromatic ring is 2. The number of benzene rings is 1. The van der Waals surface area contributed by atoms with Crippen LogP contribution in [-0.2, 0) is 4.79 Å². The molecule has 2 rings (SSSR count). The molecule has 7 heteroatoms. The van der Waals surface area contributed by atoms with Crippen molar-refractivity contribution in [3.05, 3.63) is 35.4 Å². The number of thioether (sulfide) groups is 1. The molecule has 1 amide bonds. The maximum atomic E-state index is 12.3. The third-order valence-electron chi connectivity index (χ3n) is 3.05. The van der Waals surface area contributed by atoms with Crippen LogP contribution in [0.5, 0.6) is 0 Å². The number of hydrogen-bond donors (Lipinski definition) is 3. The van der Waals surface area contributed by atoms with E-state index in [-0.39, 0.29) is 22.8 Å². The Balaban J connectivity index is 2.07. The monoisotopic (exact) mass is 317 g/mol. The highest BCUT2D eigenvalue weighted by molar-refractivity contribution is 8.00. The number of rotatable bonds is 4. The third kappa shape index (κ3) is 4.11. The fourth-order valence-corrected chi connectivity index (χ4v) is 2.63. The van der Waals surface area contributed by atoms with Gasteiger partial charge in [-0.15, -0.1) is 0 Å². The lowest BCUT2D eigenvalue weighted by Gasteiger charge is -2.13. The molecular formula is C15H19N5OS. The quantitative estimate of drug-likeness (QED) is 0.590. The van der Waals surface area contributed by atoms with E-state index in [2.05, 4.69) is 15.3 Å². The SMILES string of the molecule is Cc1ccc(C)c(NC(=O)[C@@H](C)Sc2nc(N)cc(N)n2)c1. The van der Waals surface area contributed by atoms with Gasteiger partial charge in [0.15, 0.2) is 5.16 Å². The maximum absolute atomic E-state index is 12.3. The summed E-state index contributed by atoms with van der Waals surface area (Å²) in [5, 5.41) is 2.94. The van der Waals surface area contributed by atoms with Gasteiger partial charge in [-0.25, -0.2) is 9.97 Å². The second-order valence-corrected chi connectivity index (χ2v) is 6.38. The Morgan fingerprint density at radius 2 is 1.82 bits per heavy atom. The van der Waals surface area contributed by atoms with Gasteiger partial charge in [-0.2, -0.15) is 0 Å². The van der Waals surface area contributed by atoms with Crippen LogP contribution in [0.4, 0.5) is 17.3 Å². The van der Waals surface area contributed by atoms with Crippen molar-refractivity contribution in [3.8, 4) is 0 Å². The molecule has 0 saturated carbocycles. The van der Waals surface area contributed by atoms with Gasteiger partial charge in [-0.1, -0.05) is 23.9 Å². The first kappa shape index (κ1) is 16.1. The lowest BCUT2D eigenvalue weighted by atomic mass is 10.1. The van der Waals surface area contributed by atoms with Crippen molar-refractivity contribution in [3.63, 3.8) is 0 Å². The zero-order chi connectivity index (χ0) is 16.3. The van der Waals surface area contributed by atoms with Crippen LogP contribution in [0.25, 0.3) is 0 Å². The lowest BCUT2D eigenvalue weighted by Crippen LogP contribution is -2.23. The van der Waals surface area contributed by atoms with Crippen LogP contribution in [0.2, 0.25) is 0 Å². The van der Waals surface area contributed by atoms with Crippen LogP contribution in [0.3, 0.4) is 0 Å². The van der Waals surface area contributed by atoms with E-state index in [9.17, 15) is 4.79 Å². The van der Waals surface area contributed by atoms with Gasteiger partial charge in [0, 0.05) is 11.8 Å². The molecule has 0 aliphatic rings. The number of carbonyl (C=O) groups is 1. The van der Waals surface area contributed by atoms with Gasteiger partial charge in [0.1, 0.15) is 11.6 Å². The molecule has 1 atom stereocenters. The molecule has 116 valence electrons. The molecule has 22 heavy (non-hydrogen) atoms. The molecule has 0 radical (unpaired) electrons. The van der Waals surface area contributed by atoms with Crippen molar-refractivity contribution in [2.45, 2.75) is 31.2 Å². The summed E-state index contributed by atoms with van der Waals surface area (Å²) in [5.74, 6) is 0.456. The molecule has 0 aliphatic heterocycles. The molecule has 0 spiro atoms. The van der Waals surface area contributed by atoms with Gasteiger partial charge in [0.25, 0.3) is 0 Å². The number of nitrogens with one attached hydrogen (secondary N) is 1. The Bertz CT molecular complexity index is 684. The van der Waals surface area contributed by atoms with E-state index >= 15 is 0 Å². The topological polar surface area (TPSA) is 107 Å². The zero-order valence-electron chi connectivity index (χ0n) is 12.8. The summed E-state index contributed by atoms with van der Waals surface area (Å²) in [5.41, 5.74) is 14.2. The molecule has 0 fully saturated rings. The maximum Gasteiger partial charge on any atom is 0.237 e. The molecule has 0 aliphatic carbocycles. The van der Waals surface area contributed by atoms with Crippen molar-refractivity contribution in [2.75, 3.05) is 16.8 Å². The molecule has 1 aromatic heterocycles. The summed E-state index contributed by atoms with van der Waals surface area (Å²) < 4.78 is 0. The van der Waals surface area contributed by atoms with Crippen molar-refractivity contribution >= 4 is 35.0 Å². The fraction of sp³-hybridized carbons (Fsp3) is 0.267. The Morgan fingerprint density at radius 1 is 1.18 bits per heavy atom. The molecule has 0 unspecified atom stereocenters. The average Bonchev–Trinajstić information content (AvgIpc) is 2.41. The highest BCUT2D eigenvalue weighted by Gasteiger charge is 2.17. The number of anilines is 3. The van der Waals surface area contributed by atoms with E-state index in [0.717, 1.165) is 16.8 Å². The van der Waals surface area contributed by atoms with E-state index in [1.165, 1.54) is 17.8 Å². The first-order valence-corrected chi connectivity index (χ1v) is 7.68.